The predicted molar refractivity (Wildman–Crippen MR) is 157 cm³/mol. The average Bonchev–Trinajstić information content (AvgIpc) is 3.20. The zero-order valence-corrected chi connectivity index (χ0v) is 24.2. The van der Waals surface area contributed by atoms with Crippen LogP contribution in [0.25, 0.3) is 16.1 Å². The molecular weight excluding hydrogens is 480 g/mol. The van der Waals surface area contributed by atoms with Crippen molar-refractivity contribution < 1.29 is 9.53 Å². The number of nitrogens with zero attached hydrogens (tertiary/aromatic N) is 3. The number of anilines is 1. The van der Waals surface area contributed by atoms with E-state index in [9.17, 15) is 4.79 Å². The summed E-state index contributed by atoms with van der Waals surface area (Å²) in [6.45, 7) is 6.64. The summed E-state index contributed by atoms with van der Waals surface area (Å²) in [5.41, 5.74) is 4.77. The molecular formula is C30H42N4O2S. The maximum absolute atomic E-state index is 12.3. The number of amides is 1. The Morgan fingerprint density at radius 2 is 1.97 bits per heavy atom. The Labute approximate surface area is 226 Å². The fraction of sp³-hybridized carbons (Fsp3) is 0.467. The Balaban J connectivity index is 1.83. The molecule has 0 bridgehead atoms. The van der Waals surface area contributed by atoms with Gasteiger partial charge in [0.25, 0.3) is 0 Å². The lowest BCUT2D eigenvalue weighted by Crippen LogP contribution is -2.39. The Kier molecular flexibility index (Phi) is 10.5. The lowest BCUT2D eigenvalue weighted by atomic mass is 9.97. The molecule has 2 aromatic rings. The molecule has 1 N–H and O–H groups in total. The van der Waals surface area contributed by atoms with Gasteiger partial charge in [-0.3, -0.25) is 4.79 Å². The van der Waals surface area contributed by atoms with Crippen LogP contribution >= 0.6 is 11.3 Å². The summed E-state index contributed by atoms with van der Waals surface area (Å²) in [7, 11) is 7.90. The summed E-state index contributed by atoms with van der Waals surface area (Å²) in [4.78, 5) is 22.3. The third-order valence-electron chi connectivity index (χ3n) is 6.19. The summed E-state index contributed by atoms with van der Waals surface area (Å²) in [5, 5.41) is 4.20. The second-order valence-electron chi connectivity index (χ2n) is 10.2. The van der Waals surface area contributed by atoms with Crippen LogP contribution in [0.1, 0.15) is 51.3 Å². The molecule has 200 valence electrons. The normalized spacial score (nSPS) is 14.3. The molecule has 3 rings (SSSR count). The van der Waals surface area contributed by atoms with Crippen LogP contribution in [0, 0.1) is 0 Å². The maximum Gasteiger partial charge on any atom is 0.234 e. The zero-order valence-electron chi connectivity index (χ0n) is 23.4. The van der Waals surface area contributed by atoms with Gasteiger partial charge in [0.2, 0.25) is 5.91 Å². The predicted octanol–water partition coefficient (Wildman–Crippen LogP) is 6.17. The highest BCUT2D eigenvalue weighted by atomic mass is 32.1. The molecule has 1 aromatic carbocycles. The second kappa shape index (κ2) is 13.6. The van der Waals surface area contributed by atoms with Gasteiger partial charge >= 0.3 is 0 Å². The van der Waals surface area contributed by atoms with E-state index < -0.39 is 0 Å². The van der Waals surface area contributed by atoms with Crippen LogP contribution in [-0.2, 0) is 4.79 Å². The molecule has 0 saturated carbocycles. The van der Waals surface area contributed by atoms with Gasteiger partial charge in [0.05, 0.1) is 23.2 Å². The van der Waals surface area contributed by atoms with Gasteiger partial charge in [-0.1, -0.05) is 31.2 Å². The summed E-state index contributed by atoms with van der Waals surface area (Å²) in [6.07, 6.45) is 14.4. The number of benzene rings is 1. The van der Waals surface area contributed by atoms with Crippen molar-refractivity contribution in [3.05, 3.63) is 59.2 Å². The van der Waals surface area contributed by atoms with Crippen molar-refractivity contribution >= 4 is 28.5 Å². The lowest BCUT2D eigenvalue weighted by molar-refractivity contribution is -0.122. The molecule has 37 heavy (non-hydrogen) atoms. The summed E-state index contributed by atoms with van der Waals surface area (Å²) < 4.78 is 6.01. The molecule has 1 unspecified atom stereocenters. The molecule has 0 aliphatic heterocycles. The molecule has 0 fully saturated rings. The number of hydrogen-bond donors (Lipinski definition) is 1. The number of ether oxygens (including phenoxy) is 1. The fourth-order valence-corrected chi connectivity index (χ4v) is 5.33. The third kappa shape index (κ3) is 8.30. The second-order valence-corrected chi connectivity index (χ2v) is 11.2. The summed E-state index contributed by atoms with van der Waals surface area (Å²) in [6, 6.07) is 6.46. The Morgan fingerprint density at radius 1 is 1.19 bits per heavy atom. The van der Waals surface area contributed by atoms with E-state index >= 15 is 0 Å². The topological polar surface area (TPSA) is 57.7 Å². The van der Waals surface area contributed by atoms with Gasteiger partial charge < -0.3 is 19.9 Å². The number of rotatable bonds is 12. The maximum atomic E-state index is 12.3. The quantitative estimate of drug-likeness (QED) is 0.361. The highest BCUT2D eigenvalue weighted by Gasteiger charge is 2.17. The van der Waals surface area contributed by atoms with Gasteiger partial charge in [0.15, 0.2) is 0 Å². The number of carbonyl (C=O) groups is 1. The molecule has 1 heterocycles. The molecule has 0 spiro atoms. The lowest BCUT2D eigenvalue weighted by Gasteiger charge is -2.20. The van der Waals surface area contributed by atoms with Crippen LogP contribution < -0.4 is 15.0 Å². The monoisotopic (exact) mass is 522 g/mol. The van der Waals surface area contributed by atoms with Gasteiger partial charge in [-0.15, -0.1) is 11.3 Å². The molecule has 1 atom stereocenters. The number of thiazole rings is 1. The first-order chi connectivity index (χ1) is 17.7. The number of likely N-dealkylation sites (N-methyl/N-ethyl adjacent to an activating group) is 1. The third-order valence-corrected chi connectivity index (χ3v) is 7.29. The number of hydrogen-bond acceptors (Lipinski definition) is 6. The van der Waals surface area contributed by atoms with Crippen LogP contribution in [0.5, 0.6) is 5.75 Å². The molecule has 1 aromatic heterocycles. The Morgan fingerprint density at radius 3 is 2.65 bits per heavy atom. The van der Waals surface area contributed by atoms with E-state index in [0.29, 0.717) is 6.54 Å². The molecule has 1 amide bonds. The molecule has 0 radical (unpaired) electrons. The van der Waals surface area contributed by atoms with E-state index in [0.717, 1.165) is 47.7 Å². The summed E-state index contributed by atoms with van der Waals surface area (Å²) in [5.74, 6) is 0.964. The summed E-state index contributed by atoms with van der Waals surface area (Å²) >= 11 is 1.73. The number of aromatic nitrogens is 1. The number of carbonyl (C=O) groups excluding carboxylic acids is 1. The van der Waals surface area contributed by atoms with E-state index in [4.69, 9.17) is 9.72 Å². The van der Waals surface area contributed by atoms with Crippen LogP contribution in [0.3, 0.4) is 0 Å². The Bertz CT molecular complexity index is 1140. The van der Waals surface area contributed by atoms with Gasteiger partial charge in [0, 0.05) is 31.9 Å². The molecule has 0 saturated heterocycles. The molecule has 7 heteroatoms. The standard InChI is InChI=1S/C30H42N4O2S/c1-8-24(32-29(35)20-33(4)5)16-14-22-12-10-9-11-13-25(22)28-19-31-30(37-28)23-15-17-27(36-21(2)3)26(18-23)34(6)7/h9-12,15,17-19,21,24H,8,13-14,16,20H2,1-7H3,(H,32,35). The largest absolute Gasteiger partial charge is 0.489 e. The minimum atomic E-state index is 0.0816. The molecule has 6 nitrogen and oxygen atoms in total. The first-order valence-electron chi connectivity index (χ1n) is 13.1. The highest BCUT2D eigenvalue weighted by Crippen LogP contribution is 2.38. The average molecular weight is 523 g/mol. The van der Waals surface area contributed by atoms with Crippen molar-refractivity contribution in [2.45, 2.75) is 58.6 Å². The SMILES string of the molecule is CCC(CCC1=C(c2cnc(-c3ccc(OC(C)C)c(N(C)C)c3)s2)CC=CC=C1)NC(=O)CN(C)C. The van der Waals surface area contributed by atoms with Crippen LogP contribution in [0.2, 0.25) is 0 Å². The fourth-order valence-electron chi connectivity index (χ4n) is 4.33. The van der Waals surface area contributed by atoms with Crippen molar-refractivity contribution in [3.63, 3.8) is 0 Å². The van der Waals surface area contributed by atoms with Crippen molar-refractivity contribution in [1.82, 2.24) is 15.2 Å². The first-order valence-corrected chi connectivity index (χ1v) is 13.9. The van der Waals surface area contributed by atoms with Gasteiger partial charge in [0.1, 0.15) is 10.8 Å². The van der Waals surface area contributed by atoms with Crippen molar-refractivity contribution in [2.75, 3.05) is 39.6 Å². The Hall–Kier alpha value is -2.90. The smallest absolute Gasteiger partial charge is 0.234 e. The van der Waals surface area contributed by atoms with Crippen molar-refractivity contribution in [3.8, 4) is 16.3 Å². The van der Waals surface area contributed by atoms with Crippen LogP contribution in [0.4, 0.5) is 5.69 Å². The van der Waals surface area contributed by atoms with Crippen LogP contribution in [0.15, 0.2) is 54.3 Å². The minimum absolute atomic E-state index is 0.0816. The zero-order chi connectivity index (χ0) is 26.9. The highest BCUT2D eigenvalue weighted by molar-refractivity contribution is 7.16. The first kappa shape index (κ1) is 28.7. The van der Waals surface area contributed by atoms with Crippen molar-refractivity contribution in [1.29, 1.82) is 0 Å². The number of allylic oxidation sites excluding steroid dienone is 6. The van der Waals surface area contributed by atoms with E-state index in [2.05, 4.69) is 53.6 Å². The van der Waals surface area contributed by atoms with Gasteiger partial charge in [-0.05, 0) is 83.0 Å². The van der Waals surface area contributed by atoms with Crippen LogP contribution in [-0.4, -0.2) is 62.7 Å². The number of nitrogens with one attached hydrogen (secondary N) is 1. The van der Waals surface area contributed by atoms with Gasteiger partial charge in [-0.25, -0.2) is 4.98 Å². The van der Waals surface area contributed by atoms with Gasteiger partial charge in [-0.2, -0.15) is 0 Å². The van der Waals surface area contributed by atoms with Crippen molar-refractivity contribution in [2.24, 2.45) is 0 Å². The van der Waals surface area contributed by atoms with E-state index in [1.807, 2.05) is 59.2 Å². The minimum Gasteiger partial charge on any atom is -0.489 e. The van der Waals surface area contributed by atoms with E-state index in [1.54, 1.807) is 11.3 Å². The van der Waals surface area contributed by atoms with E-state index in [-0.39, 0.29) is 18.1 Å². The molecule has 1 aliphatic rings. The molecule has 1 aliphatic carbocycles. The van der Waals surface area contributed by atoms with E-state index in [1.165, 1.54) is 16.0 Å².